The van der Waals surface area contributed by atoms with Crippen molar-refractivity contribution in [1.29, 1.82) is 0 Å². The van der Waals surface area contributed by atoms with Gasteiger partial charge in [-0.3, -0.25) is 0 Å². The first-order chi connectivity index (χ1) is 3.46. The Morgan fingerprint density at radius 2 is 0.769 bits per heavy atom. The fourth-order valence-electron chi connectivity index (χ4n) is 0. The quantitative estimate of drug-likeness (QED) is 0.357. The molecule has 0 radical (unpaired) electrons. The van der Waals surface area contributed by atoms with Gasteiger partial charge >= 0.3 is 19.5 Å². The maximum atomic E-state index is 8.89. The Hall–Kier alpha value is -0.597. The molecule has 0 saturated heterocycles. The molecular formula is C4H18N4O4Zn. The van der Waals surface area contributed by atoms with E-state index in [2.05, 4.69) is 0 Å². The third-order valence-electron chi connectivity index (χ3n) is 0. The van der Waals surface area contributed by atoms with Gasteiger partial charge in [0.2, 0.25) is 0 Å². The zero-order chi connectivity index (χ0) is 7.15. The number of hydrogen-bond donors (Lipinski definition) is 4. The fraction of sp³-hybridized carbons (Fsp3) is 0.500. The summed E-state index contributed by atoms with van der Waals surface area (Å²) in [5.74, 6) is -2.17. The Morgan fingerprint density at radius 3 is 0.769 bits per heavy atom. The number of carboxylic acids is 2. The maximum absolute atomic E-state index is 8.89. The minimum atomic E-state index is -1.08. The van der Waals surface area contributed by atoms with E-state index >= 15 is 0 Å². The van der Waals surface area contributed by atoms with E-state index in [0.29, 0.717) is 0 Å². The van der Waals surface area contributed by atoms with Gasteiger partial charge in [-0.1, -0.05) is 0 Å². The first-order valence-electron chi connectivity index (χ1n) is 1.82. The average molecular weight is 252 g/mol. The maximum Gasteiger partial charge on any atom is 2.00 e. The van der Waals surface area contributed by atoms with Crippen LogP contribution in [-0.2, 0) is 29.1 Å². The summed E-state index contributed by atoms with van der Waals surface area (Å²) in [5, 5.41) is 17.8. The molecule has 0 aromatic rings. The van der Waals surface area contributed by atoms with Gasteiger partial charge in [-0.15, -0.1) is 0 Å². The smallest absolute Gasteiger partial charge is 0.550 e. The van der Waals surface area contributed by atoms with E-state index in [0.717, 1.165) is 13.8 Å². The van der Waals surface area contributed by atoms with Crippen LogP contribution >= 0.6 is 0 Å². The zero-order valence-corrected chi connectivity index (χ0v) is 11.1. The zero-order valence-electron chi connectivity index (χ0n) is 8.17. The van der Waals surface area contributed by atoms with E-state index < -0.39 is 11.9 Å². The summed E-state index contributed by atoms with van der Waals surface area (Å²) in [6.45, 7) is 1.94. The number of hydrogen-bond acceptors (Lipinski definition) is 8. The largest absolute Gasteiger partial charge is 2.00 e. The third kappa shape index (κ3) is 2830. The molecule has 0 fully saturated rings. The molecule has 0 aromatic heterocycles. The summed E-state index contributed by atoms with van der Waals surface area (Å²) < 4.78 is 0. The van der Waals surface area contributed by atoms with Crippen LogP contribution in [0.5, 0.6) is 0 Å². The van der Waals surface area contributed by atoms with Crippen LogP contribution in [-0.4, -0.2) is 11.9 Å². The fourth-order valence-corrected chi connectivity index (χ4v) is 0. The molecule has 0 amide bonds. The first-order valence-corrected chi connectivity index (χ1v) is 1.82. The van der Waals surface area contributed by atoms with E-state index in [1.54, 1.807) is 0 Å². The molecule has 0 bridgehead atoms. The molecule has 0 heterocycles. The Kier molecular flexibility index (Phi) is 180. The van der Waals surface area contributed by atoms with Crippen molar-refractivity contribution < 1.29 is 39.3 Å². The van der Waals surface area contributed by atoms with Crippen molar-refractivity contribution in [2.75, 3.05) is 0 Å². The number of rotatable bonds is 0. The molecule has 12 N–H and O–H groups in total. The van der Waals surface area contributed by atoms with Crippen molar-refractivity contribution in [2.24, 2.45) is 0 Å². The standard InChI is InChI=1S/2C2H4O2.4H3N.Zn/c2*1-2(3)4;;;;;/h2*1H3,(H,3,4);4*1H3;/q;;;;;;+2/p-2. The Morgan fingerprint density at radius 1 is 0.769 bits per heavy atom. The van der Waals surface area contributed by atoms with Crippen LogP contribution in [0.4, 0.5) is 0 Å². The van der Waals surface area contributed by atoms with Crippen molar-refractivity contribution in [2.45, 2.75) is 13.8 Å². The molecule has 0 aromatic carbocycles. The van der Waals surface area contributed by atoms with Crippen molar-refractivity contribution in [3.05, 3.63) is 0 Å². The molecule has 0 saturated carbocycles. The summed E-state index contributed by atoms with van der Waals surface area (Å²) in [6, 6.07) is 0. The number of aliphatic carboxylic acids is 2. The van der Waals surface area contributed by atoms with Crippen LogP contribution in [0.25, 0.3) is 0 Å². The topological polar surface area (TPSA) is 220 Å². The molecule has 0 aliphatic carbocycles. The molecule has 0 aliphatic rings. The normalized spacial score (nSPS) is 3.85. The Bertz CT molecular complexity index is 82.1. The van der Waals surface area contributed by atoms with Gasteiger partial charge in [0.15, 0.2) is 0 Å². The van der Waals surface area contributed by atoms with E-state index in [9.17, 15) is 0 Å². The number of carbonyl (C=O) groups excluding carboxylic acids is 2. The molecule has 0 atom stereocenters. The average Bonchev–Trinajstić information content (AvgIpc) is 1.25. The van der Waals surface area contributed by atoms with Crippen molar-refractivity contribution in [3.8, 4) is 0 Å². The summed E-state index contributed by atoms with van der Waals surface area (Å²) >= 11 is 0. The SMILES string of the molecule is CC(=O)[O-].CC(=O)[O-].N.N.N.N.[Zn+2]. The molecule has 9 heteroatoms. The molecule has 0 spiro atoms. The van der Waals surface area contributed by atoms with Gasteiger partial charge in [-0.05, 0) is 13.8 Å². The van der Waals surface area contributed by atoms with Crippen LogP contribution < -0.4 is 34.8 Å². The van der Waals surface area contributed by atoms with Gasteiger partial charge in [-0.25, -0.2) is 0 Å². The van der Waals surface area contributed by atoms with Crippen molar-refractivity contribution >= 4 is 11.9 Å². The minimum Gasteiger partial charge on any atom is -0.550 e. The van der Waals surface area contributed by atoms with Crippen LogP contribution in [0.1, 0.15) is 13.8 Å². The third-order valence-corrected chi connectivity index (χ3v) is 0. The molecule has 0 unspecified atom stereocenters. The van der Waals surface area contributed by atoms with Gasteiger partial charge in [0.25, 0.3) is 0 Å². The van der Waals surface area contributed by atoms with Gasteiger partial charge in [0.1, 0.15) is 0 Å². The van der Waals surface area contributed by atoms with Crippen LogP contribution in [0.2, 0.25) is 0 Å². The molecule has 13 heavy (non-hydrogen) atoms. The first kappa shape index (κ1) is 55.2. The summed E-state index contributed by atoms with van der Waals surface area (Å²) in [6.07, 6.45) is 0. The predicted molar refractivity (Wildman–Crippen MR) is 41.5 cm³/mol. The number of carbonyl (C=O) groups is 2. The molecule has 0 rings (SSSR count). The summed E-state index contributed by atoms with van der Waals surface area (Å²) in [5.41, 5.74) is 0. The molecule has 80 valence electrons. The summed E-state index contributed by atoms with van der Waals surface area (Å²) in [7, 11) is 0. The molecule has 0 aliphatic heterocycles. The van der Waals surface area contributed by atoms with Crippen LogP contribution in [0.3, 0.4) is 0 Å². The van der Waals surface area contributed by atoms with Crippen LogP contribution in [0, 0.1) is 0 Å². The van der Waals surface area contributed by atoms with Gasteiger partial charge in [0, 0.05) is 11.9 Å². The van der Waals surface area contributed by atoms with Gasteiger partial charge < -0.3 is 44.4 Å². The molecule has 8 nitrogen and oxygen atoms in total. The second-order valence-corrected chi connectivity index (χ2v) is 0.983. The van der Waals surface area contributed by atoms with E-state index in [-0.39, 0.29) is 44.1 Å². The van der Waals surface area contributed by atoms with Crippen molar-refractivity contribution in [1.82, 2.24) is 24.6 Å². The predicted octanol–water partition coefficient (Wildman–Crippen LogP) is -1.84. The van der Waals surface area contributed by atoms with Crippen LogP contribution in [0.15, 0.2) is 0 Å². The van der Waals surface area contributed by atoms with E-state index in [1.807, 2.05) is 0 Å². The van der Waals surface area contributed by atoms with E-state index in [4.69, 9.17) is 19.8 Å². The van der Waals surface area contributed by atoms with Crippen molar-refractivity contribution in [3.63, 3.8) is 0 Å². The minimum absolute atomic E-state index is 0. The van der Waals surface area contributed by atoms with E-state index in [1.165, 1.54) is 0 Å². The van der Waals surface area contributed by atoms with Gasteiger partial charge in [0.05, 0.1) is 0 Å². The Labute approximate surface area is 90.2 Å². The second kappa shape index (κ2) is 42.3. The summed E-state index contributed by atoms with van der Waals surface area (Å²) in [4.78, 5) is 17.8. The number of carboxylic acid groups (broad SMARTS) is 2. The second-order valence-electron chi connectivity index (χ2n) is 0.983. The molecular weight excluding hydrogens is 233 g/mol. The Balaban J connectivity index is -0.00000000800. The monoisotopic (exact) mass is 250 g/mol. The van der Waals surface area contributed by atoms with Gasteiger partial charge in [-0.2, -0.15) is 0 Å².